The van der Waals surface area contributed by atoms with Gasteiger partial charge in [-0.25, -0.2) is 0 Å². The molecule has 0 radical (unpaired) electrons. The van der Waals surface area contributed by atoms with Crippen LogP contribution in [0, 0.1) is 13.8 Å². The van der Waals surface area contributed by atoms with E-state index in [1.165, 1.54) is 5.56 Å². The first-order valence-corrected chi connectivity index (χ1v) is 9.45. The predicted molar refractivity (Wildman–Crippen MR) is 113 cm³/mol. The first kappa shape index (κ1) is 18.8. The lowest BCUT2D eigenvalue weighted by atomic mass is 10.1. The monoisotopic (exact) mass is 386 g/mol. The third-order valence-corrected chi connectivity index (χ3v) is 4.94. The number of allylic oxidation sites excluding steroid dienone is 1. The standard InChI is InChI=1S/C25H22O4/c1-16-7-9-18(10-8-16)15-28-22-12-11-21-24(26)23(29-25(21)17(22)2)14-19-5-4-6-20(13-19)27-3/h4-14H,15H2,1-3H3/b23-14-. The van der Waals surface area contributed by atoms with E-state index in [0.717, 1.165) is 22.4 Å². The number of fused-ring (bicyclic) bond motifs is 1. The normalized spacial score (nSPS) is 13.9. The van der Waals surface area contributed by atoms with E-state index < -0.39 is 0 Å². The lowest BCUT2D eigenvalue weighted by Crippen LogP contribution is -1.98. The molecule has 0 saturated carbocycles. The third kappa shape index (κ3) is 3.87. The summed E-state index contributed by atoms with van der Waals surface area (Å²) in [5.74, 6) is 2.17. The number of benzene rings is 3. The van der Waals surface area contributed by atoms with Gasteiger partial charge in [-0.15, -0.1) is 0 Å². The van der Waals surface area contributed by atoms with Crippen LogP contribution >= 0.6 is 0 Å². The molecule has 3 aromatic carbocycles. The van der Waals surface area contributed by atoms with Crippen LogP contribution in [0.3, 0.4) is 0 Å². The van der Waals surface area contributed by atoms with Gasteiger partial charge in [-0.2, -0.15) is 0 Å². The van der Waals surface area contributed by atoms with Crippen LogP contribution in [-0.4, -0.2) is 12.9 Å². The van der Waals surface area contributed by atoms with Crippen molar-refractivity contribution >= 4 is 11.9 Å². The zero-order valence-corrected chi connectivity index (χ0v) is 16.7. The van der Waals surface area contributed by atoms with Crippen LogP contribution < -0.4 is 14.2 Å². The summed E-state index contributed by atoms with van der Waals surface area (Å²) in [5.41, 5.74) is 4.51. The van der Waals surface area contributed by atoms with E-state index in [-0.39, 0.29) is 5.78 Å². The molecular weight excluding hydrogens is 364 g/mol. The summed E-state index contributed by atoms with van der Waals surface area (Å²) in [5, 5.41) is 0. The third-order valence-electron chi connectivity index (χ3n) is 4.94. The second-order valence-corrected chi connectivity index (χ2v) is 7.06. The Morgan fingerprint density at radius 2 is 1.79 bits per heavy atom. The number of hydrogen-bond donors (Lipinski definition) is 0. The van der Waals surface area contributed by atoms with Crippen LogP contribution in [0.1, 0.15) is 32.6 Å². The topological polar surface area (TPSA) is 44.8 Å². The molecule has 4 heteroatoms. The van der Waals surface area contributed by atoms with E-state index in [2.05, 4.69) is 19.1 Å². The van der Waals surface area contributed by atoms with Gasteiger partial charge in [0.25, 0.3) is 0 Å². The van der Waals surface area contributed by atoms with Gasteiger partial charge < -0.3 is 14.2 Å². The molecule has 0 bridgehead atoms. The van der Waals surface area contributed by atoms with Gasteiger partial charge in [0.15, 0.2) is 5.76 Å². The van der Waals surface area contributed by atoms with Gasteiger partial charge in [-0.05, 0) is 55.3 Å². The highest BCUT2D eigenvalue weighted by atomic mass is 16.5. The molecular formula is C25H22O4. The second-order valence-electron chi connectivity index (χ2n) is 7.06. The largest absolute Gasteiger partial charge is 0.497 e. The molecule has 0 aromatic heterocycles. The lowest BCUT2D eigenvalue weighted by Gasteiger charge is -2.11. The zero-order valence-electron chi connectivity index (χ0n) is 16.7. The van der Waals surface area contributed by atoms with E-state index >= 15 is 0 Å². The van der Waals surface area contributed by atoms with Gasteiger partial charge in [-0.3, -0.25) is 4.79 Å². The van der Waals surface area contributed by atoms with Gasteiger partial charge >= 0.3 is 0 Å². The quantitative estimate of drug-likeness (QED) is 0.543. The van der Waals surface area contributed by atoms with Crippen LogP contribution in [0.15, 0.2) is 66.4 Å². The highest BCUT2D eigenvalue weighted by molar-refractivity contribution is 6.15. The van der Waals surface area contributed by atoms with Gasteiger partial charge in [0.05, 0.1) is 12.7 Å². The summed E-state index contributed by atoms with van der Waals surface area (Å²) in [6, 6.07) is 19.3. The molecule has 29 heavy (non-hydrogen) atoms. The molecule has 146 valence electrons. The predicted octanol–water partition coefficient (Wildman–Crippen LogP) is 5.51. The van der Waals surface area contributed by atoms with Crippen molar-refractivity contribution in [1.29, 1.82) is 0 Å². The van der Waals surface area contributed by atoms with E-state index in [9.17, 15) is 4.79 Å². The van der Waals surface area contributed by atoms with Crippen LogP contribution in [-0.2, 0) is 6.61 Å². The first-order valence-electron chi connectivity index (χ1n) is 9.45. The summed E-state index contributed by atoms with van der Waals surface area (Å²) in [6.07, 6.45) is 1.73. The summed E-state index contributed by atoms with van der Waals surface area (Å²) >= 11 is 0. The van der Waals surface area contributed by atoms with Crippen LogP contribution in [0.5, 0.6) is 17.2 Å². The Morgan fingerprint density at radius 3 is 2.55 bits per heavy atom. The maximum Gasteiger partial charge on any atom is 0.231 e. The Labute approximate surface area is 170 Å². The summed E-state index contributed by atoms with van der Waals surface area (Å²) in [4.78, 5) is 12.8. The molecule has 1 aliphatic rings. The number of carbonyl (C=O) groups excluding carboxylic acids is 1. The fraction of sp³-hybridized carbons (Fsp3) is 0.160. The molecule has 4 nitrogen and oxygen atoms in total. The number of Topliss-reactive ketones (excluding diaryl/α,β-unsaturated/α-hetero) is 1. The Morgan fingerprint density at radius 1 is 1.00 bits per heavy atom. The van der Waals surface area contributed by atoms with Crippen molar-refractivity contribution in [2.24, 2.45) is 0 Å². The number of hydrogen-bond acceptors (Lipinski definition) is 4. The van der Waals surface area contributed by atoms with Crippen molar-refractivity contribution in [3.05, 3.63) is 94.2 Å². The minimum atomic E-state index is -0.129. The smallest absolute Gasteiger partial charge is 0.231 e. The minimum absolute atomic E-state index is 0.129. The zero-order chi connectivity index (χ0) is 20.4. The molecule has 0 N–H and O–H groups in total. The van der Waals surface area contributed by atoms with Gasteiger partial charge in [-0.1, -0.05) is 42.0 Å². The summed E-state index contributed by atoms with van der Waals surface area (Å²) in [6.45, 7) is 4.42. The number of ether oxygens (including phenoxy) is 3. The highest BCUT2D eigenvalue weighted by Crippen LogP contribution is 2.39. The van der Waals surface area contributed by atoms with Crippen molar-refractivity contribution in [3.8, 4) is 17.2 Å². The maximum atomic E-state index is 12.8. The van der Waals surface area contributed by atoms with Crippen LogP contribution in [0.2, 0.25) is 0 Å². The van der Waals surface area contributed by atoms with Crippen molar-refractivity contribution in [1.82, 2.24) is 0 Å². The number of rotatable bonds is 5. The van der Waals surface area contributed by atoms with Crippen molar-refractivity contribution < 1.29 is 19.0 Å². The second kappa shape index (κ2) is 7.84. The SMILES string of the molecule is COc1cccc(/C=C2\Oc3c(ccc(OCc4ccc(C)cc4)c3C)C2=O)c1. The Hall–Kier alpha value is -3.53. The van der Waals surface area contributed by atoms with Crippen molar-refractivity contribution in [3.63, 3.8) is 0 Å². The average molecular weight is 386 g/mol. The van der Waals surface area contributed by atoms with E-state index in [1.807, 2.05) is 49.4 Å². The Balaban J connectivity index is 1.56. The minimum Gasteiger partial charge on any atom is -0.497 e. The summed E-state index contributed by atoms with van der Waals surface area (Å²) < 4.78 is 17.1. The average Bonchev–Trinajstić information content (AvgIpc) is 3.05. The van der Waals surface area contributed by atoms with Crippen molar-refractivity contribution in [2.45, 2.75) is 20.5 Å². The summed E-state index contributed by atoms with van der Waals surface area (Å²) in [7, 11) is 1.61. The highest BCUT2D eigenvalue weighted by Gasteiger charge is 2.30. The van der Waals surface area contributed by atoms with E-state index in [1.54, 1.807) is 19.3 Å². The fourth-order valence-corrected chi connectivity index (χ4v) is 3.25. The van der Waals surface area contributed by atoms with Gasteiger partial charge in [0.1, 0.15) is 23.9 Å². The molecule has 0 saturated heterocycles. The molecule has 0 atom stereocenters. The van der Waals surface area contributed by atoms with E-state index in [4.69, 9.17) is 14.2 Å². The molecule has 1 aliphatic heterocycles. The van der Waals surface area contributed by atoms with Crippen LogP contribution in [0.4, 0.5) is 0 Å². The van der Waals surface area contributed by atoms with E-state index in [0.29, 0.717) is 29.4 Å². The number of carbonyl (C=O) groups is 1. The van der Waals surface area contributed by atoms with Gasteiger partial charge in [0, 0.05) is 5.56 Å². The number of ketones is 1. The van der Waals surface area contributed by atoms with Gasteiger partial charge in [0.2, 0.25) is 5.78 Å². The lowest BCUT2D eigenvalue weighted by molar-refractivity contribution is 0.101. The molecule has 1 heterocycles. The molecule has 0 amide bonds. The molecule has 3 aromatic rings. The molecule has 4 rings (SSSR count). The fourth-order valence-electron chi connectivity index (χ4n) is 3.25. The Bertz CT molecular complexity index is 1090. The Kier molecular flexibility index (Phi) is 5.09. The molecule has 0 fully saturated rings. The number of aryl methyl sites for hydroxylation is 1. The van der Waals surface area contributed by atoms with Crippen molar-refractivity contribution in [2.75, 3.05) is 7.11 Å². The molecule has 0 aliphatic carbocycles. The maximum absolute atomic E-state index is 12.8. The molecule has 0 unspecified atom stereocenters. The van der Waals surface area contributed by atoms with Crippen LogP contribution in [0.25, 0.3) is 6.08 Å². The first-order chi connectivity index (χ1) is 14.0. The molecule has 0 spiro atoms. The number of methoxy groups -OCH3 is 1.